The van der Waals surface area contributed by atoms with Crippen molar-refractivity contribution in [2.75, 3.05) is 13.1 Å². The maximum absolute atomic E-state index is 14.0. The molecule has 0 bridgehead atoms. The summed E-state index contributed by atoms with van der Waals surface area (Å²) in [5.74, 6) is -1.74. The second kappa shape index (κ2) is 4.89. The zero-order chi connectivity index (χ0) is 15.0. The van der Waals surface area contributed by atoms with Crippen LogP contribution in [0.25, 0.3) is 0 Å². The van der Waals surface area contributed by atoms with Gasteiger partial charge in [-0.05, 0) is 19.4 Å². The number of aliphatic carboxylic acids is 1. The van der Waals surface area contributed by atoms with Crippen molar-refractivity contribution in [3.63, 3.8) is 0 Å². The number of carbonyl (C=O) groups excluding carboxylic acids is 1. The molecule has 1 aliphatic rings. The molecule has 1 amide bonds. The van der Waals surface area contributed by atoms with E-state index in [1.54, 1.807) is 13.8 Å². The van der Waals surface area contributed by atoms with Crippen molar-refractivity contribution in [2.24, 2.45) is 0 Å². The number of rotatable bonds is 3. The van der Waals surface area contributed by atoms with Crippen LogP contribution in [0.5, 0.6) is 0 Å². The Hall–Kier alpha value is -1.91. The number of hydrogen-bond donors (Lipinski definition) is 1. The lowest BCUT2D eigenvalue weighted by Gasteiger charge is -2.29. The number of halogens is 1. The molecule has 1 aromatic carbocycles. The number of carboxylic acids is 1. The largest absolute Gasteiger partial charge is 0.479 e. The number of amides is 1. The third-order valence-corrected chi connectivity index (χ3v) is 3.92. The Labute approximate surface area is 117 Å². The van der Waals surface area contributed by atoms with E-state index in [4.69, 9.17) is 5.11 Å². The Morgan fingerprint density at radius 3 is 2.40 bits per heavy atom. The number of hydrogen-bond acceptors (Lipinski definition) is 2. The average molecular weight is 279 g/mol. The fourth-order valence-corrected chi connectivity index (χ4v) is 2.49. The fourth-order valence-electron chi connectivity index (χ4n) is 2.49. The van der Waals surface area contributed by atoms with Crippen molar-refractivity contribution in [1.82, 2.24) is 4.90 Å². The van der Waals surface area contributed by atoms with E-state index in [0.717, 1.165) is 5.56 Å². The van der Waals surface area contributed by atoms with Gasteiger partial charge < -0.3 is 10.0 Å². The van der Waals surface area contributed by atoms with Crippen molar-refractivity contribution in [3.05, 3.63) is 35.9 Å². The lowest BCUT2D eigenvalue weighted by atomic mass is 9.83. The van der Waals surface area contributed by atoms with Crippen molar-refractivity contribution >= 4 is 11.9 Å². The lowest BCUT2D eigenvalue weighted by Crippen LogP contribution is -2.45. The molecule has 0 aliphatic carbocycles. The van der Waals surface area contributed by atoms with Crippen molar-refractivity contribution < 1.29 is 19.1 Å². The van der Waals surface area contributed by atoms with E-state index >= 15 is 0 Å². The number of benzene rings is 1. The molecular weight excluding hydrogens is 261 g/mol. The zero-order valence-electron chi connectivity index (χ0n) is 11.6. The minimum Gasteiger partial charge on any atom is -0.479 e. The number of nitrogens with zero attached hydrogens (tertiary/aromatic N) is 1. The molecule has 2 rings (SSSR count). The van der Waals surface area contributed by atoms with Gasteiger partial charge in [-0.1, -0.05) is 30.3 Å². The molecule has 0 radical (unpaired) electrons. The van der Waals surface area contributed by atoms with Crippen LogP contribution in [0.1, 0.15) is 25.8 Å². The van der Waals surface area contributed by atoms with Crippen LogP contribution in [0.3, 0.4) is 0 Å². The molecule has 0 spiro atoms. The van der Waals surface area contributed by atoms with E-state index in [1.807, 2.05) is 30.3 Å². The highest BCUT2D eigenvalue weighted by molar-refractivity contribution is 5.89. The van der Waals surface area contributed by atoms with Gasteiger partial charge in [-0.15, -0.1) is 0 Å². The minimum absolute atomic E-state index is 0.137. The van der Waals surface area contributed by atoms with E-state index < -0.39 is 17.1 Å². The molecule has 1 saturated heterocycles. The molecule has 0 aromatic heterocycles. The Balaban J connectivity index is 2.19. The van der Waals surface area contributed by atoms with Gasteiger partial charge in [-0.25, -0.2) is 9.18 Å². The summed E-state index contributed by atoms with van der Waals surface area (Å²) < 4.78 is 14.0. The van der Waals surface area contributed by atoms with Crippen LogP contribution < -0.4 is 0 Å². The molecule has 1 unspecified atom stereocenters. The Kier molecular flexibility index (Phi) is 3.54. The van der Waals surface area contributed by atoms with Crippen LogP contribution in [-0.2, 0) is 15.0 Å². The molecule has 20 heavy (non-hydrogen) atoms. The second-order valence-corrected chi connectivity index (χ2v) is 5.74. The average Bonchev–Trinajstić information content (AvgIpc) is 2.83. The SMILES string of the molecule is CC(C)(C(=O)N1CCC(F)(C(=O)O)C1)c1ccccc1. The Morgan fingerprint density at radius 1 is 1.30 bits per heavy atom. The van der Waals surface area contributed by atoms with Crippen LogP contribution in [-0.4, -0.2) is 40.6 Å². The van der Waals surface area contributed by atoms with Crippen LogP contribution in [0.15, 0.2) is 30.3 Å². The van der Waals surface area contributed by atoms with Crippen molar-refractivity contribution in [3.8, 4) is 0 Å². The fraction of sp³-hybridized carbons (Fsp3) is 0.467. The summed E-state index contributed by atoms with van der Waals surface area (Å²) in [5, 5.41) is 8.88. The summed E-state index contributed by atoms with van der Waals surface area (Å²) in [4.78, 5) is 24.7. The van der Waals surface area contributed by atoms with Gasteiger partial charge in [0, 0.05) is 13.0 Å². The smallest absolute Gasteiger partial charge is 0.343 e. The van der Waals surface area contributed by atoms with E-state index in [0.29, 0.717) is 0 Å². The first-order chi connectivity index (χ1) is 9.27. The summed E-state index contributed by atoms with van der Waals surface area (Å²) in [7, 11) is 0. The van der Waals surface area contributed by atoms with Crippen LogP contribution in [0.2, 0.25) is 0 Å². The summed E-state index contributed by atoms with van der Waals surface area (Å²) in [6.07, 6.45) is -0.154. The van der Waals surface area contributed by atoms with E-state index in [-0.39, 0.29) is 25.4 Å². The number of likely N-dealkylation sites (tertiary alicyclic amines) is 1. The first-order valence-corrected chi connectivity index (χ1v) is 6.54. The molecule has 1 aromatic rings. The normalized spacial score (nSPS) is 22.9. The molecule has 1 atom stereocenters. The van der Waals surface area contributed by atoms with Crippen molar-refractivity contribution in [1.29, 1.82) is 0 Å². The third-order valence-electron chi connectivity index (χ3n) is 3.92. The van der Waals surface area contributed by atoms with Gasteiger partial charge in [0.05, 0.1) is 12.0 Å². The molecule has 1 N–H and O–H groups in total. The minimum atomic E-state index is -2.32. The molecule has 1 fully saturated rings. The van der Waals surface area contributed by atoms with Crippen LogP contribution in [0, 0.1) is 0 Å². The number of carbonyl (C=O) groups is 2. The summed E-state index contributed by atoms with van der Waals surface area (Å²) >= 11 is 0. The molecule has 1 heterocycles. The number of alkyl halides is 1. The van der Waals surface area contributed by atoms with E-state index in [9.17, 15) is 14.0 Å². The van der Waals surface area contributed by atoms with Crippen molar-refractivity contribution in [2.45, 2.75) is 31.4 Å². The quantitative estimate of drug-likeness (QED) is 0.920. The van der Waals surface area contributed by atoms with E-state index in [1.165, 1.54) is 4.90 Å². The zero-order valence-corrected chi connectivity index (χ0v) is 11.6. The molecule has 5 heteroatoms. The second-order valence-electron chi connectivity index (χ2n) is 5.74. The van der Waals surface area contributed by atoms with Gasteiger partial charge in [0.2, 0.25) is 11.6 Å². The monoisotopic (exact) mass is 279 g/mol. The highest BCUT2D eigenvalue weighted by Crippen LogP contribution is 2.31. The summed E-state index contributed by atoms with van der Waals surface area (Å²) in [6.45, 7) is 3.29. The summed E-state index contributed by atoms with van der Waals surface area (Å²) in [6, 6.07) is 9.22. The maximum atomic E-state index is 14.0. The van der Waals surface area contributed by atoms with Gasteiger partial charge >= 0.3 is 5.97 Å². The maximum Gasteiger partial charge on any atom is 0.343 e. The van der Waals surface area contributed by atoms with Gasteiger partial charge in [0.15, 0.2) is 0 Å². The first-order valence-electron chi connectivity index (χ1n) is 6.54. The predicted octanol–water partition coefficient (Wildman–Crippen LogP) is 1.99. The molecule has 108 valence electrons. The van der Waals surface area contributed by atoms with Gasteiger partial charge in [-0.2, -0.15) is 0 Å². The summed E-state index contributed by atoms with van der Waals surface area (Å²) in [5.41, 5.74) is -2.29. The van der Waals surface area contributed by atoms with Gasteiger partial charge in [-0.3, -0.25) is 4.79 Å². The highest BCUT2D eigenvalue weighted by Gasteiger charge is 2.49. The van der Waals surface area contributed by atoms with Gasteiger partial charge in [0.25, 0.3) is 0 Å². The third kappa shape index (κ3) is 2.40. The Morgan fingerprint density at radius 2 is 1.90 bits per heavy atom. The molecule has 1 aliphatic heterocycles. The van der Waals surface area contributed by atoms with E-state index in [2.05, 4.69) is 0 Å². The molecule has 4 nitrogen and oxygen atoms in total. The Bertz CT molecular complexity index is 529. The highest BCUT2D eigenvalue weighted by atomic mass is 19.1. The molecular formula is C15H18FNO3. The topological polar surface area (TPSA) is 57.6 Å². The predicted molar refractivity (Wildman–Crippen MR) is 72.1 cm³/mol. The standard InChI is InChI=1S/C15H18FNO3/c1-14(2,11-6-4-3-5-7-11)12(18)17-9-8-15(16,10-17)13(19)20/h3-7H,8-10H2,1-2H3,(H,19,20). The van der Waals surface area contributed by atoms with Gasteiger partial charge in [0.1, 0.15) is 0 Å². The molecule has 0 saturated carbocycles. The van der Waals surface area contributed by atoms with Crippen LogP contribution >= 0.6 is 0 Å². The first kappa shape index (κ1) is 14.5. The van der Waals surface area contributed by atoms with Crippen LogP contribution in [0.4, 0.5) is 4.39 Å². The number of carboxylic acid groups (broad SMARTS) is 1. The lowest BCUT2D eigenvalue weighted by molar-refractivity contribution is -0.150.